The van der Waals surface area contributed by atoms with Crippen LogP contribution in [0, 0.1) is 17.2 Å². The number of carbonyl (C=O) groups is 2. The lowest BCUT2D eigenvalue weighted by Gasteiger charge is -2.06. The van der Waals surface area contributed by atoms with Gasteiger partial charge in [0, 0.05) is 5.69 Å². The summed E-state index contributed by atoms with van der Waals surface area (Å²) in [7, 11) is 0. The lowest BCUT2D eigenvalue weighted by molar-refractivity contribution is -0.148. The fourth-order valence-corrected chi connectivity index (χ4v) is 1.44. The Morgan fingerprint density at radius 3 is 2.89 bits per heavy atom. The van der Waals surface area contributed by atoms with Gasteiger partial charge in [-0.15, -0.1) is 0 Å². The topological polar surface area (TPSA) is 79.2 Å². The van der Waals surface area contributed by atoms with Crippen molar-refractivity contribution in [2.24, 2.45) is 5.92 Å². The highest BCUT2D eigenvalue weighted by Crippen LogP contribution is 2.29. The minimum atomic E-state index is -0.404. The minimum Gasteiger partial charge on any atom is -0.455 e. The molecule has 5 nitrogen and oxygen atoms in total. The Bertz CT molecular complexity index is 515. The molecule has 5 heteroatoms. The van der Waals surface area contributed by atoms with Crippen molar-refractivity contribution < 1.29 is 14.3 Å². The van der Waals surface area contributed by atoms with E-state index < -0.39 is 5.91 Å². The molecule has 1 aliphatic rings. The first kappa shape index (κ1) is 12.1. The number of nitriles is 1. The predicted octanol–water partition coefficient (Wildman–Crippen LogP) is 1.45. The maximum atomic E-state index is 11.5. The summed E-state index contributed by atoms with van der Waals surface area (Å²) in [5.74, 6) is -0.727. The largest absolute Gasteiger partial charge is 0.455 e. The lowest BCUT2D eigenvalue weighted by atomic mass is 10.2. The van der Waals surface area contributed by atoms with Crippen molar-refractivity contribution in [3.05, 3.63) is 29.8 Å². The second-order valence-electron chi connectivity index (χ2n) is 4.12. The molecule has 92 valence electrons. The first-order valence-electron chi connectivity index (χ1n) is 5.65. The van der Waals surface area contributed by atoms with Crippen molar-refractivity contribution in [1.29, 1.82) is 5.26 Å². The van der Waals surface area contributed by atoms with E-state index in [-0.39, 0.29) is 18.5 Å². The molecule has 0 aliphatic heterocycles. The van der Waals surface area contributed by atoms with Crippen LogP contribution in [0.4, 0.5) is 5.69 Å². The second kappa shape index (κ2) is 5.32. The average molecular weight is 244 g/mol. The van der Waals surface area contributed by atoms with Gasteiger partial charge >= 0.3 is 5.97 Å². The first-order chi connectivity index (χ1) is 8.69. The zero-order valence-corrected chi connectivity index (χ0v) is 9.68. The van der Waals surface area contributed by atoms with Gasteiger partial charge in [0.25, 0.3) is 5.91 Å². The van der Waals surface area contributed by atoms with Crippen LogP contribution in [0.25, 0.3) is 0 Å². The number of esters is 1. The van der Waals surface area contributed by atoms with Crippen LogP contribution in [0.3, 0.4) is 0 Å². The monoisotopic (exact) mass is 244 g/mol. The number of anilines is 1. The van der Waals surface area contributed by atoms with Gasteiger partial charge in [0.1, 0.15) is 0 Å². The smallest absolute Gasteiger partial charge is 0.309 e. The predicted molar refractivity (Wildman–Crippen MR) is 63.5 cm³/mol. The molecule has 1 aromatic carbocycles. The van der Waals surface area contributed by atoms with Gasteiger partial charge < -0.3 is 10.1 Å². The van der Waals surface area contributed by atoms with Gasteiger partial charge in [0.15, 0.2) is 6.61 Å². The van der Waals surface area contributed by atoms with Crippen LogP contribution in [0.15, 0.2) is 24.3 Å². The Morgan fingerprint density at radius 1 is 1.44 bits per heavy atom. The van der Waals surface area contributed by atoms with E-state index >= 15 is 0 Å². The lowest BCUT2D eigenvalue weighted by Crippen LogP contribution is -2.21. The molecule has 0 spiro atoms. The molecule has 18 heavy (non-hydrogen) atoms. The van der Waals surface area contributed by atoms with E-state index in [0.717, 1.165) is 12.8 Å². The molecule has 2 rings (SSSR count). The molecule has 1 fully saturated rings. The molecular formula is C13H12N2O3. The number of benzene rings is 1. The summed E-state index contributed by atoms with van der Waals surface area (Å²) in [6.07, 6.45) is 1.70. The third-order valence-electron chi connectivity index (χ3n) is 2.53. The summed E-state index contributed by atoms with van der Waals surface area (Å²) in [4.78, 5) is 22.7. The fourth-order valence-electron chi connectivity index (χ4n) is 1.44. The molecule has 0 atom stereocenters. The maximum absolute atomic E-state index is 11.5. The number of carbonyl (C=O) groups excluding carboxylic acids is 2. The molecule has 1 amide bonds. The minimum absolute atomic E-state index is 0.0142. The van der Waals surface area contributed by atoms with E-state index in [4.69, 9.17) is 10.00 Å². The quantitative estimate of drug-likeness (QED) is 0.813. The number of ether oxygens (including phenoxy) is 1. The number of hydrogen-bond donors (Lipinski definition) is 1. The zero-order valence-electron chi connectivity index (χ0n) is 9.68. The molecule has 1 N–H and O–H groups in total. The van der Waals surface area contributed by atoms with Crippen molar-refractivity contribution in [2.45, 2.75) is 12.8 Å². The van der Waals surface area contributed by atoms with Gasteiger partial charge in [-0.2, -0.15) is 5.26 Å². The Hall–Kier alpha value is -2.35. The van der Waals surface area contributed by atoms with Crippen LogP contribution < -0.4 is 5.32 Å². The third-order valence-corrected chi connectivity index (χ3v) is 2.53. The van der Waals surface area contributed by atoms with E-state index in [1.165, 1.54) is 0 Å². The molecule has 0 unspecified atom stereocenters. The van der Waals surface area contributed by atoms with Crippen molar-refractivity contribution in [3.63, 3.8) is 0 Å². The van der Waals surface area contributed by atoms with Crippen molar-refractivity contribution in [3.8, 4) is 6.07 Å². The zero-order chi connectivity index (χ0) is 13.0. The van der Waals surface area contributed by atoms with Gasteiger partial charge in [0.05, 0.1) is 17.6 Å². The van der Waals surface area contributed by atoms with Crippen LogP contribution in [0.5, 0.6) is 0 Å². The van der Waals surface area contributed by atoms with Gasteiger partial charge in [-0.3, -0.25) is 9.59 Å². The maximum Gasteiger partial charge on any atom is 0.309 e. The Balaban J connectivity index is 1.82. The number of nitrogens with zero attached hydrogens (tertiary/aromatic N) is 1. The molecule has 1 saturated carbocycles. The van der Waals surface area contributed by atoms with Gasteiger partial charge in [0.2, 0.25) is 0 Å². The number of rotatable bonds is 4. The summed E-state index contributed by atoms with van der Waals surface area (Å²) >= 11 is 0. The summed E-state index contributed by atoms with van der Waals surface area (Å²) in [5, 5.41) is 11.3. The summed E-state index contributed by atoms with van der Waals surface area (Å²) in [6.45, 7) is -0.286. The third kappa shape index (κ3) is 3.32. The fraction of sp³-hybridized carbons (Fsp3) is 0.308. The van der Waals surface area contributed by atoms with E-state index in [0.29, 0.717) is 11.3 Å². The van der Waals surface area contributed by atoms with Crippen LogP contribution in [-0.2, 0) is 14.3 Å². The molecule has 0 heterocycles. The van der Waals surface area contributed by atoms with Crippen molar-refractivity contribution in [1.82, 2.24) is 0 Å². The highest BCUT2D eigenvalue weighted by Gasteiger charge is 2.31. The first-order valence-corrected chi connectivity index (χ1v) is 5.65. The second-order valence-corrected chi connectivity index (χ2v) is 4.12. The van der Waals surface area contributed by atoms with E-state index in [2.05, 4.69) is 5.32 Å². The number of amides is 1. The summed E-state index contributed by atoms with van der Waals surface area (Å²) < 4.78 is 4.84. The van der Waals surface area contributed by atoms with E-state index in [9.17, 15) is 9.59 Å². The molecule has 0 radical (unpaired) electrons. The number of hydrogen-bond acceptors (Lipinski definition) is 4. The summed E-state index contributed by atoms with van der Waals surface area (Å²) in [5.41, 5.74) is 0.976. The molecule has 1 aliphatic carbocycles. The SMILES string of the molecule is N#Cc1cccc(NC(=O)COC(=O)C2CC2)c1. The molecular weight excluding hydrogens is 232 g/mol. The highest BCUT2D eigenvalue weighted by molar-refractivity contribution is 5.93. The molecule has 1 aromatic rings. The average Bonchev–Trinajstić information content (AvgIpc) is 3.20. The van der Waals surface area contributed by atoms with Crippen molar-refractivity contribution in [2.75, 3.05) is 11.9 Å². The van der Waals surface area contributed by atoms with Crippen LogP contribution >= 0.6 is 0 Å². The van der Waals surface area contributed by atoms with Crippen LogP contribution in [-0.4, -0.2) is 18.5 Å². The number of nitrogens with one attached hydrogen (secondary N) is 1. The Morgan fingerprint density at radius 2 is 2.22 bits per heavy atom. The van der Waals surface area contributed by atoms with Gasteiger partial charge in [-0.05, 0) is 31.0 Å². The van der Waals surface area contributed by atoms with Crippen LogP contribution in [0.2, 0.25) is 0 Å². The van der Waals surface area contributed by atoms with Gasteiger partial charge in [-0.25, -0.2) is 0 Å². The normalized spacial score (nSPS) is 13.5. The summed E-state index contributed by atoms with van der Waals surface area (Å²) in [6, 6.07) is 8.51. The van der Waals surface area contributed by atoms with E-state index in [1.54, 1.807) is 24.3 Å². The Labute approximate surface area is 104 Å². The standard InChI is InChI=1S/C13H12N2O3/c14-7-9-2-1-3-11(6-9)15-12(16)8-18-13(17)10-4-5-10/h1-3,6,10H,4-5,8H2,(H,15,16). The molecule has 0 bridgehead atoms. The van der Waals surface area contributed by atoms with Crippen molar-refractivity contribution >= 4 is 17.6 Å². The van der Waals surface area contributed by atoms with E-state index in [1.807, 2.05) is 6.07 Å². The van der Waals surface area contributed by atoms with Gasteiger partial charge in [-0.1, -0.05) is 6.07 Å². The Kier molecular flexibility index (Phi) is 3.58. The highest BCUT2D eigenvalue weighted by atomic mass is 16.5. The molecule has 0 aromatic heterocycles. The van der Waals surface area contributed by atoms with Crippen LogP contribution in [0.1, 0.15) is 18.4 Å². The molecule has 0 saturated heterocycles.